The highest BCUT2D eigenvalue weighted by Gasteiger charge is 2.27. The molecule has 0 spiro atoms. The number of carbonyl (C=O) groups is 2. The fourth-order valence-corrected chi connectivity index (χ4v) is 1.19. The first-order valence-corrected chi connectivity index (χ1v) is 4.18. The molecule has 1 rings (SSSR count). The van der Waals surface area contributed by atoms with Gasteiger partial charge < -0.3 is 10.1 Å². The lowest BCUT2D eigenvalue weighted by molar-refractivity contribution is -0.117. The topological polar surface area (TPSA) is 58.6 Å². The van der Waals surface area contributed by atoms with Crippen molar-refractivity contribution in [1.29, 1.82) is 0 Å². The quantitative estimate of drug-likeness (QED) is 0.477. The van der Waals surface area contributed by atoms with E-state index in [2.05, 4.69) is 5.32 Å². The summed E-state index contributed by atoms with van der Waals surface area (Å²) in [5, 5.41) is 2.44. The molecule has 1 saturated heterocycles. The third-order valence-electron chi connectivity index (χ3n) is 1.26. The van der Waals surface area contributed by atoms with Crippen LogP contribution in [0.2, 0.25) is 0 Å². The van der Waals surface area contributed by atoms with Gasteiger partial charge in [-0.15, -0.1) is 0 Å². The van der Waals surface area contributed by atoms with Crippen LogP contribution in [0.25, 0.3) is 0 Å². The second-order valence-electron chi connectivity index (χ2n) is 1.89. The number of alkyl carbamates (subject to hydrolysis) is 1. The summed E-state index contributed by atoms with van der Waals surface area (Å²) in [4.78, 5) is 20.8. The van der Waals surface area contributed by atoms with E-state index in [-0.39, 0.29) is 0 Å². The Balaban J connectivity index is 2.46. The third-order valence-corrected chi connectivity index (χ3v) is 2.01. The Labute approximate surface area is 68.2 Å². The second-order valence-corrected chi connectivity index (χ2v) is 2.68. The van der Waals surface area contributed by atoms with Crippen LogP contribution in [0.5, 0.6) is 0 Å². The van der Waals surface area contributed by atoms with Crippen molar-refractivity contribution in [3.05, 3.63) is 0 Å². The summed E-state index contributed by atoms with van der Waals surface area (Å²) in [7, 11) is 0. The van der Waals surface area contributed by atoms with Crippen LogP contribution in [0.3, 0.4) is 0 Å². The Morgan fingerprint density at radius 2 is 2.64 bits per heavy atom. The van der Waals surface area contributed by atoms with Gasteiger partial charge in [-0.3, -0.25) is 4.79 Å². The minimum atomic E-state index is -0.476. The lowest BCUT2D eigenvalue weighted by atomic mass is 10.6. The summed E-state index contributed by atoms with van der Waals surface area (Å²) in [6.45, 7) is 0.360. The third kappa shape index (κ3) is 1.76. The van der Waals surface area contributed by atoms with Crippen molar-refractivity contribution in [2.24, 2.45) is 0 Å². The van der Waals surface area contributed by atoms with E-state index < -0.39 is 12.3 Å². The van der Waals surface area contributed by atoms with Gasteiger partial charge in [-0.1, -0.05) is 0 Å². The van der Waals surface area contributed by atoms with E-state index in [4.69, 9.17) is 4.74 Å². The monoisotopic (exact) mass is 176 g/mol. The first-order chi connectivity index (χ1) is 5.27. The molecule has 0 saturated carbocycles. The highest BCUT2D eigenvalue weighted by atomic mass is 32.2. The smallest absolute Gasteiger partial charge is 0.409 e. The number of ether oxygens (including phenoxy) is 1. The number of nitrogens with zero attached hydrogens (tertiary/aromatic N) is 1. The minimum absolute atomic E-state index is 0.360. The van der Waals surface area contributed by atoms with Crippen LogP contribution in [0.4, 0.5) is 4.79 Å². The predicted octanol–water partition coefficient (Wildman–Crippen LogP) is -0.211. The summed E-state index contributed by atoms with van der Waals surface area (Å²) < 4.78 is 6.06. The number of hydrogen-bond acceptors (Lipinski definition) is 4. The van der Waals surface area contributed by atoms with Crippen LogP contribution < -0.4 is 5.32 Å². The minimum Gasteiger partial charge on any atom is -0.422 e. The first-order valence-electron chi connectivity index (χ1n) is 3.00. The summed E-state index contributed by atoms with van der Waals surface area (Å²) in [5.74, 6) is 0. The van der Waals surface area contributed by atoms with Gasteiger partial charge in [0, 0.05) is 6.26 Å². The fraction of sp³-hybridized carbons (Fsp3) is 0.600. The summed E-state index contributed by atoms with van der Waals surface area (Å²) in [6.07, 6.45) is 1.43. The van der Waals surface area contributed by atoms with E-state index >= 15 is 0 Å². The maximum atomic E-state index is 10.5. The van der Waals surface area contributed by atoms with Crippen LogP contribution in [0, 0.1) is 0 Å². The Kier molecular flexibility index (Phi) is 2.58. The van der Waals surface area contributed by atoms with Crippen molar-refractivity contribution in [1.82, 2.24) is 9.62 Å². The van der Waals surface area contributed by atoms with Crippen LogP contribution in [-0.4, -0.2) is 35.8 Å². The van der Waals surface area contributed by atoms with Gasteiger partial charge in [-0.25, -0.2) is 9.10 Å². The number of nitrogens with one attached hydrogen (secondary N) is 1. The number of cyclic esters (lactones) is 1. The molecule has 0 aromatic heterocycles. The largest absolute Gasteiger partial charge is 0.422 e. The van der Waals surface area contributed by atoms with Crippen molar-refractivity contribution in [3.8, 4) is 0 Å². The average molecular weight is 176 g/mol. The predicted molar refractivity (Wildman–Crippen MR) is 39.7 cm³/mol. The number of amides is 2. The molecule has 0 aliphatic carbocycles. The fourth-order valence-electron chi connectivity index (χ4n) is 0.748. The molecular formula is C5H8N2O3S. The molecule has 1 N–H and O–H groups in total. The van der Waals surface area contributed by atoms with Gasteiger partial charge in [0.2, 0.25) is 12.6 Å². The molecule has 0 aromatic carbocycles. The number of carbonyl (C=O) groups excluding carboxylic acids is 2. The molecule has 6 heteroatoms. The lowest BCUT2D eigenvalue weighted by Crippen LogP contribution is -2.30. The van der Waals surface area contributed by atoms with Gasteiger partial charge in [-0.05, 0) is 11.9 Å². The van der Waals surface area contributed by atoms with Crippen LogP contribution >= 0.6 is 11.9 Å². The van der Waals surface area contributed by atoms with E-state index in [0.717, 1.165) is 0 Å². The molecule has 1 aliphatic heterocycles. The molecule has 2 amide bonds. The first kappa shape index (κ1) is 8.19. The Morgan fingerprint density at radius 1 is 1.91 bits per heavy atom. The maximum absolute atomic E-state index is 10.5. The van der Waals surface area contributed by atoms with Crippen molar-refractivity contribution in [2.75, 3.05) is 12.8 Å². The maximum Gasteiger partial charge on any atom is 0.409 e. The molecule has 1 heterocycles. The van der Waals surface area contributed by atoms with Gasteiger partial charge in [-0.2, -0.15) is 0 Å². The standard InChI is InChI=1S/C5H8N2O3S/c1-11-7(3-8)4-2-6-5(9)10-4/h3-4H,2H2,1H3,(H,6,9). The van der Waals surface area contributed by atoms with Crippen molar-refractivity contribution < 1.29 is 14.3 Å². The van der Waals surface area contributed by atoms with Crippen LogP contribution in [0.1, 0.15) is 0 Å². The van der Waals surface area contributed by atoms with Crippen molar-refractivity contribution in [2.45, 2.75) is 6.23 Å². The van der Waals surface area contributed by atoms with E-state index in [1.54, 1.807) is 6.26 Å². The molecular weight excluding hydrogens is 168 g/mol. The highest BCUT2D eigenvalue weighted by Crippen LogP contribution is 2.12. The molecule has 0 bridgehead atoms. The molecule has 1 fully saturated rings. The van der Waals surface area contributed by atoms with Gasteiger partial charge in [0.1, 0.15) is 0 Å². The van der Waals surface area contributed by atoms with Gasteiger partial charge in [0.15, 0.2) is 0 Å². The van der Waals surface area contributed by atoms with E-state index in [0.29, 0.717) is 13.0 Å². The SMILES string of the molecule is CSN(C=O)C1CNC(=O)O1. The van der Waals surface area contributed by atoms with Gasteiger partial charge >= 0.3 is 6.09 Å². The Morgan fingerprint density at radius 3 is 3.00 bits per heavy atom. The normalized spacial score (nSPS) is 22.3. The number of rotatable bonds is 3. The lowest BCUT2D eigenvalue weighted by Gasteiger charge is -2.17. The molecule has 0 aromatic rings. The van der Waals surface area contributed by atoms with E-state index in [1.165, 1.54) is 16.3 Å². The summed E-state index contributed by atoms with van der Waals surface area (Å²) in [5.41, 5.74) is 0. The average Bonchev–Trinajstić information content (AvgIpc) is 2.39. The molecule has 5 nitrogen and oxygen atoms in total. The van der Waals surface area contributed by atoms with Gasteiger partial charge in [0.05, 0.1) is 6.54 Å². The van der Waals surface area contributed by atoms with Crippen molar-refractivity contribution >= 4 is 24.5 Å². The van der Waals surface area contributed by atoms with Crippen molar-refractivity contribution in [3.63, 3.8) is 0 Å². The highest BCUT2D eigenvalue weighted by molar-refractivity contribution is 7.96. The van der Waals surface area contributed by atoms with E-state index in [9.17, 15) is 9.59 Å². The van der Waals surface area contributed by atoms with Crippen LogP contribution in [0.15, 0.2) is 0 Å². The Bertz CT molecular complexity index is 175. The van der Waals surface area contributed by atoms with E-state index in [1.807, 2.05) is 0 Å². The second kappa shape index (κ2) is 3.47. The Hall–Kier alpha value is -0.910. The molecule has 1 aliphatic rings. The van der Waals surface area contributed by atoms with Gasteiger partial charge in [0.25, 0.3) is 0 Å². The molecule has 1 unspecified atom stereocenters. The molecule has 11 heavy (non-hydrogen) atoms. The zero-order valence-corrected chi connectivity index (χ0v) is 6.76. The zero-order valence-electron chi connectivity index (χ0n) is 5.94. The summed E-state index contributed by atoms with van der Waals surface area (Å²) >= 11 is 1.22. The molecule has 0 radical (unpaired) electrons. The van der Waals surface area contributed by atoms with Crippen LogP contribution in [-0.2, 0) is 9.53 Å². The summed E-state index contributed by atoms with van der Waals surface area (Å²) in [6, 6.07) is 0. The zero-order chi connectivity index (χ0) is 8.27. The molecule has 1 atom stereocenters. The number of hydrogen-bond donors (Lipinski definition) is 1. The molecule has 62 valence electrons.